The second kappa shape index (κ2) is 6.51. The number of aromatic nitrogens is 2. The summed E-state index contributed by atoms with van der Waals surface area (Å²) in [6.45, 7) is 5.26. The van der Waals surface area contributed by atoms with E-state index < -0.39 is 23.7 Å². The number of nitrogens with one attached hydrogen (secondary N) is 2. The number of ether oxygens (including phenoxy) is 1. The smallest absolute Gasteiger partial charge is 0.408 e. The molecule has 2 rings (SSSR count). The van der Waals surface area contributed by atoms with Crippen molar-refractivity contribution < 1.29 is 19.4 Å². The number of alkyl carbamates (subject to hydrolysis) is 1. The van der Waals surface area contributed by atoms with Gasteiger partial charge in [0.25, 0.3) is 0 Å². The van der Waals surface area contributed by atoms with E-state index in [9.17, 15) is 14.7 Å². The fraction of sp³-hybridized carbons (Fsp3) is 0.312. The molecule has 2 aromatic rings. The molecule has 1 aromatic heterocycles. The van der Waals surface area contributed by atoms with Crippen LogP contribution in [0.25, 0.3) is 0 Å². The molecule has 0 saturated heterocycles. The largest absolute Gasteiger partial charge is 0.478 e. The Morgan fingerprint density at radius 1 is 1.26 bits per heavy atom. The van der Waals surface area contributed by atoms with Gasteiger partial charge < -0.3 is 15.2 Å². The van der Waals surface area contributed by atoms with Crippen molar-refractivity contribution in [2.45, 2.75) is 32.4 Å². The number of carbonyl (C=O) groups is 2. The monoisotopic (exact) mass is 317 g/mol. The Balaban J connectivity index is 2.35. The number of aromatic carboxylic acids is 1. The van der Waals surface area contributed by atoms with Gasteiger partial charge in [0.1, 0.15) is 17.2 Å². The highest BCUT2D eigenvalue weighted by molar-refractivity contribution is 5.89. The van der Waals surface area contributed by atoms with Crippen molar-refractivity contribution in [1.82, 2.24) is 15.5 Å². The highest BCUT2D eigenvalue weighted by atomic mass is 16.6. The van der Waals surface area contributed by atoms with Crippen molar-refractivity contribution in [2.24, 2.45) is 0 Å². The summed E-state index contributed by atoms with van der Waals surface area (Å²) in [7, 11) is 0. The molecule has 3 N–H and O–H groups in total. The fourth-order valence-electron chi connectivity index (χ4n) is 2.08. The average Bonchev–Trinajstić information content (AvgIpc) is 2.93. The molecule has 7 heteroatoms. The SMILES string of the molecule is CC(C)(C)OC(=O)NC(c1ccccc1)c1[nH]ncc1C(=O)O. The number of aromatic amines is 1. The first-order valence-corrected chi connectivity index (χ1v) is 7.09. The molecule has 0 aliphatic heterocycles. The number of H-pyrrole nitrogens is 1. The van der Waals surface area contributed by atoms with Gasteiger partial charge in [-0.2, -0.15) is 5.10 Å². The van der Waals surface area contributed by atoms with Gasteiger partial charge in [0, 0.05) is 0 Å². The molecule has 0 fully saturated rings. The van der Waals surface area contributed by atoms with Gasteiger partial charge in [-0.3, -0.25) is 5.10 Å². The lowest BCUT2D eigenvalue weighted by Gasteiger charge is -2.23. The van der Waals surface area contributed by atoms with Crippen LogP contribution < -0.4 is 5.32 Å². The van der Waals surface area contributed by atoms with E-state index in [0.29, 0.717) is 5.56 Å². The third-order valence-electron chi connectivity index (χ3n) is 2.98. The Labute approximate surface area is 133 Å². The number of benzene rings is 1. The Kier molecular flexibility index (Phi) is 4.68. The summed E-state index contributed by atoms with van der Waals surface area (Å²) in [4.78, 5) is 23.4. The molecule has 1 aromatic carbocycles. The Morgan fingerprint density at radius 2 is 1.91 bits per heavy atom. The molecular formula is C16H19N3O4. The molecule has 0 saturated carbocycles. The first-order valence-electron chi connectivity index (χ1n) is 7.09. The zero-order valence-electron chi connectivity index (χ0n) is 13.2. The zero-order chi connectivity index (χ0) is 17.0. The van der Waals surface area contributed by atoms with Gasteiger partial charge in [0.2, 0.25) is 0 Å². The Bertz CT molecular complexity index is 689. The van der Waals surface area contributed by atoms with Crippen LogP contribution in [0.4, 0.5) is 4.79 Å². The van der Waals surface area contributed by atoms with Gasteiger partial charge in [0.15, 0.2) is 0 Å². The fourth-order valence-corrected chi connectivity index (χ4v) is 2.08. The first-order chi connectivity index (χ1) is 10.8. The molecule has 1 atom stereocenters. The van der Waals surface area contributed by atoms with Gasteiger partial charge in [0.05, 0.1) is 11.9 Å². The predicted molar refractivity (Wildman–Crippen MR) is 83.2 cm³/mol. The van der Waals surface area contributed by atoms with Crippen LogP contribution in [0.1, 0.15) is 48.4 Å². The van der Waals surface area contributed by atoms with E-state index in [0.717, 1.165) is 0 Å². The molecular weight excluding hydrogens is 298 g/mol. The molecule has 0 aliphatic carbocycles. The van der Waals surface area contributed by atoms with Crippen molar-refractivity contribution in [3.8, 4) is 0 Å². The third-order valence-corrected chi connectivity index (χ3v) is 2.98. The molecule has 7 nitrogen and oxygen atoms in total. The van der Waals surface area contributed by atoms with Gasteiger partial charge in [-0.1, -0.05) is 30.3 Å². The van der Waals surface area contributed by atoms with Crippen molar-refractivity contribution in [2.75, 3.05) is 0 Å². The molecule has 0 bridgehead atoms. The quantitative estimate of drug-likeness (QED) is 0.804. The molecule has 23 heavy (non-hydrogen) atoms. The number of carbonyl (C=O) groups excluding carboxylic acids is 1. The number of rotatable bonds is 4. The molecule has 1 unspecified atom stereocenters. The van der Waals surface area contributed by atoms with Crippen molar-refractivity contribution >= 4 is 12.1 Å². The van der Waals surface area contributed by atoms with Crippen LogP contribution in [-0.4, -0.2) is 33.0 Å². The minimum absolute atomic E-state index is 0.00471. The number of nitrogens with zero attached hydrogens (tertiary/aromatic N) is 1. The Hall–Kier alpha value is -2.83. The van der Waals surface area contributed by atoms with Gasteiger partial charge in [-0.15, -0.1) is 0 Å². The van der Waals surface area contributed by atoms with Crippen LogP contribution in [0.15, 0.2) is 36.5 Å². The standard InChI is InChI=1S/C16H19N3O4/c1-16(2,3)23-15(22)18-12(10-7-5-4-6-8-10)13-11(14(20)21)9-17-19-13/h4-9,12H,1-3H3,(H,17,19)(H,18,22)(H,20,21). The highest BCUT2D eigenvalue weighted by Crippen LogP contribution is 2.24. The lowest BCUT2D eigenvalue weighted by atomic mass is 10.0. The number of hydrogen-bond acceptors (Lipinski definition) is 4. The maximum atomic E-state index is 12.1. The van der Waals surface area contributed by atoms with E-state index in [1.807, 2.05) is 6.07 Å². The van der Waals surface area contributed by atoms with Crippen LogP contribution in [0.5, 0.6) is 0 Å². The van der Waals surface area contributed by atoms with E-state index >= 15 is 0 Å². The van der Waals surface area contributed by atoms with Crippen LogP contribution in [-0.2, 0) is 4.74 Å². The van der Waals surface area contributed by atoms with E-state index in [4.69, 9.17) is 4.74 Å². The van der Waals surface area contributed by atoms with Crippen LogP contribution >= 0.6 is 0 Å². The van der Waals surface area contributed by atoms with E-state index in [1.54, 1.807) is 45.0 Å². The van der Waals surface area contributed by atoms with E-state index in [-0.39, 0.29) is 11.3 Å². The normalized spacial score (nSPS) is 12.5. The number of carboxylic acids is 1. The second-order valence-electron chi connectivity index (χ2n) is 5.99. The molecule has 0 spiro atoms. The zero-order valence-corrected chi connectivity index (χ0v) is 13.2. The van der Waals surface area contributed by atoms with Crippen molar-refractivity contribution in [3.05, 3.63) is 53.3 Å². The molecule has 0 aliphatic rings. The molecule has 1 heterocycles. The van der Waals surface area contributed by atoms with Gasteiger partial charge in [-0.25, -0.2) is 9.59 Å². The van der Waals surface area contributed by atoms with Crippen molar-refractivity contribution in [1.29, 1.82) is 0 Å². The van der Waals surface area contributed by atoms with Crippen molar-refractivity contribution in [3.63, 3.8) is 0 Å². The summed E-state index contributed by atoms with van der Waals surface area (Å²) in [5.41, 5.74) is 0.337. The maximum absolute atomic E-state index is 12.1. The summed E-state index contributed by atoms with van der Waals surface area (Å²) in [5.74, 6) is -1.12. The van der Waals surface area contributed by atoms with E-state index in [1.165, 1.54) is 6.20 Å². The summed E-state index contributed by atoms with van der Waals surface area (Å²) in [6, 6.07) is 8.30. The number of hydrogen-bond donors (Lipinski definition) is 3. The minimum Gasteiger partial charge on any atom is -0.478 e. The highest BCUT2D eigenvalue weighted by Gasteiger charge is 2.26. The Morgan fingerprint density at radius 3 is 2.48 bits per heavy atom. The lowest BCUT2D eigenvalue weighted by molar-refractivity contribution is 0.0508. The summed E-state index contributed by atoms with van der Waals surface area (Å²) in [6.07, 6.45) is 0.571. The molecule has 0 radical (unpaired) electrons. The maximum Gasteiger partial charge on any atom is 0.408 e. The van der Waals surface area contributed by atoms with Crippen LogP contribution in [0, 0.1) is 0 Å². The van der Waals surface area contributed by atoms with Crippen LogP contribution in [0.2, 0.25) is 0 Å². The van der Waals surface area contributed by atoms with Gasteiger partial charge >= 0.3 is 12.1 Å². The predicted octanol–water partition coefficient (Wildman–Crippen LogP) is 2.72. The van der Waals surface area contributed by atoms with E-state index in [2.05, 4.69) is 15.5 Å². The topological polar surface area (TPSA) is 104 Å². The lowest BCUT2D eigenvalue weighted by Crippen LogP contribution is -2.36. The van der Waals surface area contributed by atoms with Crippen LogP contribution in [0.3, 0.4) is 0 Å². The second-order valence-corrected chi connectivity index (χ2v) is 5.99. The third kappa shape index (κ3) is 4.32. The average molecular weight is 317 g/mol. The summed E-state index contributed by atoms with van der Waals surface area (Å²) >= 11 is 0. The number of carboxylic acid groups (broad SMARTS) is 1. The van der Waals surface area contributed by atoms with Gasteiger partial charge in [-0.05, 0) is 26.3 Å². The minimum atomic E-state index is -1.12. The number of amides is 1. The first kappa shape index (κ1) is 16.5. The summed E-state index contributed by atoms with van der Waals surface area (Å²) in [5, 5.41) is 18.4. The molecule has 122 valence electrons. The summed E-state index contributed by atoms with van der Waals surface area (Å²) < 4.78 is 5.26. The molecule has 1 amide bonds.